The molecular weight excluding hydrogens is 304 g/mol. The van der Waals surface area contributed by atoms with Gasteiger partial charge >= 0.3 is 0 Å². The minimum Gasteiger partial charge on any atom is -0.364 e. The minimum atomic E-state index is -3.11. The summed E-state index contributed by atoms with van der Waals surface area (Å²) in [4.78, 5) is 14.4. The van der Waals surface area contributed by atoms with Crippen molar-refractivity contribution >= 4 is 15.7 Å². The second kappa shape index (κ2) is 6.09. The van der Waals surface area contributed by atoms with Gasteiger partial charge < -0.3 is 15.4 Å². The van der Waals surface area contributed by atoms with Crippen LogP contribution >= 0.6 is 0 Å². The summed E-state index contributed by atoms with van der Waals surface area (Å²) in [5.41, 5.74) is 5.59. The molecule has 1 spiro atoms. The van der Waals surface area contributed by atoms with Crippen molar-refractivity contribution in [2.75, 3.05) is 25.4 Å². The van der Waals surface area contributed by atoms with Crippen molar-refractivity contribution in [1.82, 2.24) is 4.90 Å². The van der Waals surface area contributed by atoms with Gasteiger partial charge in [0.1, 0.15) is 6.10 Å². The van der Waals surface area contributed by atoms with Gasteiger partial charge in [0.15, 0.2) is 9.84 Å². The molecule has 3 rings (SSSR count). The smallest absolute Gasteiger partial charge is 0.251 e. The molecule has 22 heavy (non-hydrogen) atoms. The lowest BCUT2D eigenvalue weighted by atomic mass is 9.87. The molecule has 2 N–H and O–H groups in total. The van der Waals surface area contributed by atoms with Gasteiger partial charge in [-0.05, 0) is 25.7 Å². The normalized spacial score (nSPS) is 34.0. The van der Waals surface area contributed by atoms with Crippen molar-refractivity contribution in [2.45, 2.75) is 61.9 Å². The summed E-state index contributed by atoms with van der Waals surface area (Å²) < 4.78 is 30.1. The third-order valence-electron chi connectivity index (χ3n) is 5.49. The van der Waals surface area contributed by atoms with Crippen LogP contribution in [0.3, 0.4) is 0 Å². The van der Waals surface area contributed by atoms with Crippen molar-refractivity contribution in [2.24, 2.45) is 5.73 Å². The Kier molecular flexibility index (Phi) is 4.49. The Morgan fingerprint density at radius 3 is 2.59 bits per heavy atom. The lowest BCUT2D eigenvalue weighted by Gasteiger charge is -2.44. The molecule has 2 aliphatic heterocycles. The molecule has 0 aromatic rings. The topological polar surface area (TPSA) is 89.7 Å². The molecule has 3 aliphatic rings. The van der Waals surface area contributed by atoms with Crippen LogP contribution in [0.15, 0.2) is 0 Å². The Morgan fingerprint density at radius 2 is 1.95 bits per heavy atom. The van der Waals surface area contributed by atoms with Gasteiger partial charge in [-0.25, -0.2) is 8.42 Å². The molecule has 2 heterocycles. The maximum absolute atomic E-state index is 12.7. The number of hydrogen-bond donors (Lipinski definition) is 1. The first-order valence-electron chi connectivity index (χ1n) is 8.34. The molecule has 7 heteroatoms. The Bertz CT molecular complexity index is 528. The number of nitrogens with zero attached hydrogens (tertiary/aromatic N) is 1. The molecule has 2 atom stereocenters. The van der Waals surface area contributed by atoms with Gasteiger partial charge in [0.2, 0.25) is 0 Å². The lowest BCUT2D eigenvalue weighted by Crippen LogP contribution is -2.59. The summed E-state index contributed by atoms with van der Waals surface area (Å²) in [7, 11) is -3.11. The van der Waals surface area contributed by atoms with Crippen LogP contribution in [0.1, 0.15) is 44.9 Å². The molecule has 126 valence electrons. The summed E-state index contributed by atoms with van der Waals surface area (Å²) in [5, 5.41) is 0. The monoisotopic (exact) mass is 330 g/mol. The highest BCUT2D eigenvalue weighted by Crippen LogP contribution is 2.39. The predicted octanol–water partition coefficient (Wildman–Crippen LogP) is 0.453. The molecule has 0 bridgehead atoms. The SMILES string of the molecule is NC[C@H]1CC[C@@H](C(=O)N2CCS(=O)(=O)C3(CCCCC3)C2)O1. The molecule has 1 saturated carbocycles. The zero-order valence-electron chi connectivity index (χ0n) is 13.0. The second-order valence-corrected chi connectivity index (χ2v) is 9.39. The summed E-state index contributed by atoms with van der Waals surface area (Å²) in [6, 6.07) is 0. The fourth-order valence-corrected chi connectivity index (χ4v) is 6.25. The average Bonchev–Trinajstić information content (AvgIpc) is 2.99. The fraction of sp³-hybridized carbons (Fsp3) is 0.933. The molecule has 1 aliphatic carbocycles. The molecular formula is C15H26N2O4S. The second-order valence-electron chi connectivity index (χ2n) is 6.88. The third kappa shape index (κ3) is 2.78. The van der Waals surface area contributed by atoms with Gasteiger partial charge in [0.25, 0.3) is 5.91 Å². The van der Waals surface area contributed by atoms with Crippen molar-refractivity contribution in [3.8, 4) is 0 Å². The van der Waals surface area contributed by atoms with Crippen LogP contribution in [0.2, 0.25) is 0 Å². The number of amides is 1. The molecule has 6 nitrogen and oxygen atoms in total. The fourth-order valence-electron chi connectivity index (χ4n) is 4.09. The van der Waals surface area contributed by atoms with E-state index in [9.17, 15) is 13.2 Å². The van der Waals surface area contributed by atoms with E-state index >= 15 is 0 Å². The van der Waals surface area contributed by atoms with E-state index in [4.69, 9.17) is 10.5 Å². The van der Waals surface area contributed by atoms with Crippen molar-refractivity contribution in [3.63, 3.8) is 0 Å². The lowest BCUT2D eigenvalue weighted by molar-refractivity contribution is -0.143. The van der Waals surface area contributed by atoms with Gasteiger partial charge in [-0.2, -0.15) is 0 Å². The average molecular weight is 330 g/mol. The van der Waals surface area contributed by atoms with Crippen molar-refractivity contribution in [1.29, 1.82) is 0 Å². The van der Waals surface area contributed by atoms with E-state index in [1.807, 2.05) is 0 Å². The first-order valence-corrected chi connectivity index (χ1v) is 9.99. The Labute approximate surface area is 132 Å². The minimum absolute atomic E-state index is 0.0360. The van der Waals surface area contributed by atoms with E-state index in [1.54, 1.807) is 4.90 Å². The largest absolute Gasteiger partial charge is 0.364 e. The Morgan fingerprint density at radius 1 is 1.23 bits per heavy atom. The first-order chi connectivity index (χ1) is 10.5. The van der Waals surface area contributed by atoms with E-state index in [0.29, 0.717) is 38.9 Å². The van der Waals surface area contributed by atoms with Crippen LogP contribution in [0.5, 0.6) is 0 Å². The van der Waals surface area contributed by atoms with Crippen LogP contribution in [0.25, 0.3) is 0 Å². The van der Waals surface area contributed by atoms with Crippen LogP contribution in [-0.4, -0.2) is 61.6 Å². The van der Waals surface area contributed by atoms with E-state index in [2.05, 4.69) is 0 Å². The van der Waals surface area contributed by atoms with Crippen LogP contribution in [0.4, 0.5) is 0 Å². The zero-order chi connectivity index (χ0) is 15.8. The number of carbonyl (C=O) groups is 1. The highest BCUT2D eigenvalue weighted by molar-refractivity contribution is 7.92. The summed E-state index contributed by atoms with van der Waals surface area (Å²) >= 11 is 0. The summed E-state index contributed by atoms with van der Waals surface area (Å²) in [6.07, 6.45) is 5.39. The summed E-state index contributed by atoms with van der Waals surface area (Å²) in [6.45, 7) is 1.08. The van der Waals surface area contributed by atoms with E-state index in [0.717, 1.165) is 25.7 Å². The maximum Gasteiger partial charge on any atom is 0.251 e. The number of hydrogen-bond acceptors (Lipinski definition) is 5. The van der Waals surface area contributed by atoms with Crippen LogP contribution in [-0.2, 0) is 19.4 Å². The summed E-state index contributed by atoms with van der Waals surface area (Å²) in [5.74, 6) is 0.0435. The van der Waals surface area contributed by atoms with Gasteiger partial charge in [-0.3, -0.25) is 4.79 Å². The number of carbonyl (C=O) groups excluding carboxylic acids is 1. The quantitative estimate of drug-likeness (QED) is 0.794. The zero-order valence-corrected chi connectivity index (χ0v) is 13.8. The molecule has 0 aromatic carbocycles. The van der Waals surface area contributed by atoms with Crippen LogP contribution < -0.4 is 5.73 Å². The number of nitrogens with two attached hydrogens (primary N) is 1. The first kappa shape index (κ1) is 16.2. The Hall–Kier alpha value is -0.660. The van der Waals surface area contributed by atoms with Gasteiger partial charge in [-0.15, -0.1) is 0 Å². The van der Waals surface area contributed by atoms with E-state index in [-0.39, 0.29) is 17.8 Å². The highest BCUT2D eigenvalue weighted by Gasteiger charge is 2.50. The predicted molar refractivity (Wildman–Crippen MR) is 83.1 cm³/mol. The third-order valence-corrected chi connectivity index (χ3v) is 8.07. The van der Waals surface area contributed by atoms with Crippen LogP contribution in [0, 0.1) is 0 Å². The maximum atomic E-state index is 12.7. The Balaban J connectivity index is 1.72. The molecule has 1 amide bonds. The molecule has 0 unspecified atom stereocenters. The molecule has 0 aromatic heterocycles. The van der Waals surface area contributed by atoms with Crippen molar-refractivity contribution < 1.29 is 17.9 Å². The number of rotatable bonds is 2. The van der Waals surface area contributed by atoms with Gasteiger partial charge in [-0.1, -0.05) is 19.3 Å². The molecule has 2 saturated heterocycles. The highest BCUT2D eigenvalue weighted by atomic mass is 32.2. The standard InChI is InChI=1S/C15H26N2O4S/c16-10-12-4-5-13(21-12)14(18)17-8-9-22(19,20)15(11-17)6-2-1-3-7-15/h12-13H,1-11,16H2/t12-,13+/m1/s1. The molecule has 0 radical (unpaired) electrons. The van der Waals surface area contributed by atoms with Gasteiger partial charge in [0, 0.05) is 19.6 Å². The van der Waals surface area contributed by atoms with Gasteiger partial charge in [0.05, 0.1) is 16.6 Å². The number of ether oxygens (including phenoxy) is 1. The van der Waals surface area contributed by atoms with Crippen molar-refractivity contribution in [3.05, 3.63) is 0 Å². The van der Waals surface area contributed by atoms with E-state index < -0.39 is 20.7 Å². The molecule has 3 fully saturated rings. The number of sulfone groups is 1. The van der Waals surface area contributed by atoms with E-state index in [1.165, 1.54) is 0 Å².